The molecule has 6 nitrogen and oxygen atoms in total. The predicted molar refractivity (Wildman–Crippen MR) is 101 cm³/mol. The van der Waals surface area contributed by atoms with Crippen molar-refractivity contribution in [2.75, 3.05) is 23.8 Å². The van der Waals surface area contributed by atoms with Gasteiger partial charge in [-0.1, -0.05) is 0 Å². The molecule has 0 bridgehead atoms. The van der Waals surface area contributed by atoms with Gasteiger partial charge in [0.25, 0.3) is 0 Å². The summed E-state index contributed by atoms with van der Waals surface area (Å²) < 4.78 is 47.9. The highest BCUT2D eigenvalue weighted by Crippen LogP contribution is 2.27. The van der Waals surface area contributed by atoms with Gasteiger partial charge in [0.05, 0.1) is 24.0 Å². The van der Waals surface area contributed by atoms with Crippen molar-refractivity contribution >= 4 is 17.3 Å². The lowest BCUT2D eigenvalue weighted by molar-refractivity contribution is 0.195. The summed E-state index contributed by atoms with van der Waals surface area (Å²) in [5.74, 6) is -1.78. The largest absolute Gasteiger partial charge is 0.380 e. The molecule has 4 rings (SSSR count). The van der Waals surface area contributed by atoms with Crippen LogP contribution in [0.25, 0.3) is 5.69 Å². The summed E-state index contributed by atoms with van der Waals surface area (Å²) in [5, 5.41) is 10.3. The summed E-state index contributed by atoms with van der Waals surface area (Å²) in [6, 6.07) is 6.55. The van der Waals surface area contributed by atoms with E-state index in [4.69, 9.17) is 4.74 Å². The Balaban J connectivity index is 0.00000240. The molecule has 0 saturated carbocycles. The monoisotopic (exact) mass is 391 g/mol. The van der Waals surface area contributed by atoms with Crippen LogP contribution in [-0.2, 0) is 4.74 Å². The fraction of sp³-hybridized carbons (Fsp3) is 0.263. The van der Waals surface area contributed by atoms with Crippen molar-refractivity contribution in [3.63, 3.8) is 0 Å². The highest BCUT2D eigenvalue weighted by molar-refractivity contribution is 5.64. The number of anilines is 3. The first-order valence-electron chi connectivity index (χ1n) is 8.77. The maximum atomic E-state index is 14.5. The number of aromatic nitrogens is 3. The summed E-state index contributed by atoms with van der Waals surface area (Å²) in [6.07, 6.45) is 2.18. The average Bonchev–Trinajstić information content (AvgIpc) is 3.30. The SMILES string of the molecule is Cc1cc(NC2CCOC2)cc(Nc2ncn(-c3cc(F)cc(F)c3)n2)c1F.[HH]. The molecule has 9 heteroatoms. The molecule has 1 saturated heterocycles. The van der Waals surface area contributed by atoms with Gasteiger partial charge in [0.15, 0.2) is 0 Å². The van der Waals surface area contributed by atoms with Gasteiger partial charge in [0.1, 0.15) is 23.8 Å². The number of nitrogens with one attached hydrogen (secondary N) is 2. The lowest BCUT2D eigenvalue weighted by atomic mass is 10.1. The first-order chi connectivity index (χ1) is 13.5. The molecule has 1 unspecified atom stereocenters. The van der Waals surface area contributed by atoms with Crippen LogP contribution in [0.4, 0.5) is 30.5 Å². The standard InChI is InChI=1S/C19H18F3N5O.H2/c1-11-4-15(24-14-2-3-28-9-14)8-17(18(11)22)25-19-23-10-27(26-19)16-6-12(20)5-13(21)7-16;/h4-8,10,14,24H,2-3,9H2,1H3,(H,25,26);1H. The number of rotatable bonds is 5. The minimum atomic E-state index is -0.726. The first kappa shape index (κ1) is 18.3. The van der Waals surface area contributed by atoms with Crippen molar-refractivity contribution < 1.29 is 19.3 Å². The van der Waals surface area contributed by atoms with E-state index in [0.29, 0.717) is 18.8 Å². The Morgan fingerprint density at radius 1 is 1.14 bits per heavy atom. The molecular weight excluding hydrogens is 371 g/mol. The van der Waals surface area contributed by atoms with Crippen LogP contribution in [0.5, 0.6) is 0 Å². The van der Waals surface area contributed by atoms with E-state index in [1.165, 1.54) is 11.0 Å². The van der Waals surface area contributed by atoms with E-state index in [1.54, 1.807) is 19.1 Å². The molecule has 1 aromatic heterocycles. The van der Waals surface area contributed by atoms with Crippen molar-refractivity contribution in [3.8, 4) is 5.69 Å². The van der Waals surface area contributed by atoms with Crippen LogP contribution in [0.2, 0.25) is 0 Å². The Morgan fingerprint density at radius 2 is 1.93 bits per heavy atom. The molecule has 0 amide bonds. The van der Waals surface area contributed by atoms with Crippen LogP contribution in [0.15, 0.2) is 36.7 Å². The van der Waals surface area contributed by atoms with Gasteiger partial charge in [-0.05, 0) is 43.2 Å². The smallest absolute Gasteiger partial charge is 0.247 e. The third-order valence-corrected chi connectivity index (χ3v) is 4.41. The third kappa shape index (κ3) is 3.94. The van der Waals surface area contributed by atoms with E-state index >= 15 is 0 Å². The van der Waals surface area contributed by atoms with Crippen molar-refractivity contribution in [2.24, 2.45) is 0 Å². The molecule has 28 heavy (non-hydrogen) atoms. The second-order valence-corrected chi connectivity index (χ2v) is 6.62. The zero-order chi connectivity index (χ0) is 19.7. The van der Waals surface area contributed by atoms with E-state index in [9.17, 15) is 13.2 Å². The number of hydrogen-bond donors (Lipinski definition) is 2. The maximum absolute atomic E-state index is 14.5. The quantitative estimate of drug-likeness (QED) is 0.683. The molecule has 3 aromatic rings. The fourth-order valence-corrected chi connectivity index (χ4v) is 3.06. The molecule has 148 valence electrons. The maximum Gasteiger partial charge on any atom is 0.247 e. The molecule has 2 N–H and O–H groups in total. The molecule has 0 radical (unpaired) electrons. The van der Waals surface area contributed by atoms with Crippen LogP contribution in [-0.4, -0.2) is 34.0 Å². The number of benzene rings is 2. The zero-order valence-corrected chi connectivity index (χ0v) is 15.0. The van der Waals surface area contributed by atoms with Gasteiger partial charge in [-0.25, -0.2) is 17.9 Å². The highest BCUT2D eigenvalue weighted by atomic mass is 19.1. The van der Waals surface area contributed by atoms with Crippen molar-refractivity contribution in [1.29, 1.82) is 0 Å². The molecule has 0 spiro atoms. The van der Waals surface area contributed by atoms with Gasteiger partial charge >= 0.3 is 0 Å². The topological polar surface area (TPSA) is 64.0 Å². The summed E-state index contributed by atoms with van der Waals surface area (Å²) in [7, 11) is 0. The lowest BCUT2D eigenvalue weighted by Gasteiger charge is -2.15. The van der Waals surface area contributed by atoms with Crippen molar-refractivity contribution in [3.05, 3.63) is 59.7 Å². The Kier molecular flexibility index (Phi) is 4.91. The van der Waals surface area contributed by atoms with Gasteiger partial charge in [0, 0.05) is 19.8 Å². The van der Waals surface area contributed by atoms with Gasteiger partial charge in [-0.2, -0.15) is 4.98 Å². The number of ether oxygens (including phenoxy) is 1. The Morgan fingerprint density at radius 3 is 2.64 bits per heavy atom. The molecule has 2 aromatic carbocycles. The van der Waals surface area contributed by atoms with Gasteiger partial charge in [-0.15, -0.1) is 5.10 Å². The van der Waals surface area contributed by atoms with Crippen LogP contribution in [0.1, 0.15) is 13.4 Å². The molecule has 1 aliphatic heterocycles. The minimum absolute atomic E-state index is 0. The highest BCUT2D eigenvalue weighted by Gasteiger charge is 2.17. The molecule has 2 heterocycles. The van der Waals surface area contributed by atoms with Crippen LogP contribution >= 0.6 is 0 Å². The van der Waals surface area contributed by atoms with E-state index in [1.807, 2.05) is 0 Å². The molecule has 1 fully saturated rings. The molecule has 1 aliphatic rings. The number of aryl methyl sites for hydroxylation is 1. The number of halogens is 3. The van der Waals surface area contributed by atoms with Crippen LogP contribution in [0.3, 0.4) is 0 Å². The first-order valence-corrected chi connectivity index (χ1v) is 8.77. The van der Waals surface area contributed by atoms with Crippen LogP contribution < -0.4 is 10.6 Å². The summed E-state index contributed by atoms with van der Waals surface area (Å²) in [6.45, 7) is 2.97. The fourth-order valence-electron chi connectivity index (χ4n) is 3.06. The lowest BCUT2D eigenvalue weighted by Crippen LogP contribution is -2.19. The summed E-state index contributed by atoms with van der Waals surface area (Å²) in [4.78, 5) is 4.04. The average molecular weight is 391 g/mol. The van der Waals surface area contributed by atoms with Gasteiger partial charge in [0.2, 0.25) is 5.95 Å². The van der Waals surface area contributed by atoms with Gasteiger partial charge < -0.3 is 15.4 Å². The zero-order valence-electron chi connectivity index (χ0n) is 15.0. The van der Waals surface area contributed by atoms with E-state index in [-0.39, 0.29) is 24.8 Å². The number of nitrogens with zero attached hydrogens (tertiary/aromatic N) is 3. The van der Waals surface area contributed by atoms with E-state index in [2.05, 4.69) is 20.7 Å². The Labute approximate surface area is 160 Å². The second kappa shape index (κ2) is 7.51. The number of hydrogen-bond acceptors (Lipinski definition) is 5. The normalized spacial score (nSPS) is 16.4. The van der Waals surface area contributed by atoms with E-state index < -0.39 is 17.5 Å². The Hall–Kier alpha value is -3.07. The second-order valence-electron chi connectivity index (χ2n) is 6.62. The summed E-state index contributed by atoms with van der Waals surface area (Å²) >= 11 is 0. The van der Waals surface area contributed by atoms with Gasteiger partial charge in [-0.3, -0.25) is 0 Å². The predicted octanol–water partition coefficient (Wildman–Crippen LogP) is 4.18. The molecular formula is C19H20F3N5O. The molecule has 0 aliphatic carbocycles. The van der Waals surface area contributed by atoms with E-state index in [0.717, 1.165) is 30.3 Å². The Bertz CT molecular complexity index is 987. The summed E-state index contributed by atoms with van der Waals surface area (Å²) in [5.41, 5.74) is 1.58. The van der Waals surface area contributed by atoms with Crippen molar-refractivity contribution in [2.45, 2.75) is 19.4 Å². The van der Waals surface area contributed by atoms with Crippen molar-refractivity contribution in [1.82, 2.24) is 14.8 Å². The minimum Gasteiger partial charge on any atom is -0.380 e. The molecule has 1 atom stereocenters. The van der Waals surface area contributed by atoms with Crippen LogP contribution in [0, 0.1) is 24.4 Å². The third-order valence-electron chi connectivity index (χ3n) is 4.41.